The van der Waals surface area contributed by atoms with E-state index < -0.39 is 10.0 Å². The largest absolute Gasteiger partial charge is 0.496 e. The summed E-state index contributed by atoms with van der Waals surface area (Å²) >= 11 is 0. The number of benzene rings is 2. The molecule has 2 aromatic carbocycles. The van der Waals surface area contributed by atoms with E-state index in [9.17, 15) is 8.42 Å². The molecule has 2 N–H and O–H groups in total. The molecule has 148 valence electrons. The van der Waals surface area contributed by atoms with E-state index in [1.165, 1.54) is 0 Å². The van der Waals surface area contributed by atoms with Gasteiger partial charge >= 0.3 is 0 Å². The van der Waals surface area contributed by atoms with Gasteiger partial charge in [0.2, 0.25) is 10.0 Å². The molecule has 0 saturated carbocycles. The Morgan fingerprint density at radius 2 is 1.74 bits per heavy atom. The summed E-state index contributed by atoms with van der Waals surface area (Å²) in [4.78, 5) is 3.44. The lowest BCUT2D eigenvalue weighted by molar-refractivity contribution is -0.890. The zero-order valence-electron chi connectivity index (χ0n) is 16.9. The van der Waals surface area contributed by atoms with Gasteiger partial charge in [0, 0.05) is 25.3 Å². The van der Waals surface area contributed by atoms with Gasteiger partial charge in [-0.25, -0.2) is 13.1 Å². The highest BCUT2D eigenvalue weighted by molar-refractivity contribution is 7.89. The first kappa shape index (κ1) is 21.2. The van der Waals surface area contributed by atoms with Crippen molar-refractivity contribution in [1.29, 1.82) is 0 Å². The summed E-state index contributed by atoms with van der Waals surface area (Å²) in [5.74, 6) is 0.672. The van der Waals surface area contributed by atoms with Crippen molar-refractivity contribution >= 4 is 15.7 Å². The number of hydrogen-bond acceptors (Lipinski definition) is 4. The predicted octanol–water partition coefficient (Wildman–Crippen LogP) is 1.23. The number of aryl methyl sites for hydroxylation is 1. The summed E-state index contributed by atoms with van der Waals surface area (Å²) in [6.07, 6.45) is 0. The van der Waals surface area contributed by atoms with Crippen LogP contribution in [0.15, 0.2) is 47.4 Å². The Hall–Kier alpha value is -2.09. The lowest BCUT2D eigenvalue weighted by Gasteiger charge is -2.23. The summed E-state index contributed by atoms with van der Waals surface area (Å²) in [5.41, 5.74) is 2.99. The number of methoxy groups -OCH3 is 1. The van der Waals surface area contributed by atoms with Crippen LogP contribution in [-0.2, 0) is 10.0 Å². The highest BCUT2D eigenvalue weighted by Gasteiger charge is 2.22. The predicted molar refractivity (Wildman–Crippen MR) is 109 cm³/mol. The van der Waals surface area contributed by atoms with Crippen LogP contribution < -0.4 is 19.3 Å². The second-order valence-electron chi connectivity index (χ2n) is 7.10. The zero-order valence-corrected chi connectivity index (χ0v) is 17.7. The van der Waals surface area contributed by atoms with Crippen LogP contribution in [0.5, 0.6) is 5.75 Å². The van der Waals surface area contributed by atoms with Crippen molar-refractivity contribution in [2.24, 2.45) is 0 Å². The third-order valence-electron chi connectivity index (χ3n) is 4.66. The van der Waals surface area contributed by atoms with Crippen LogP contribution in [0.4, 0.5) is 5.69 Å². The van der Waals surface area contributed by atoms with Gasteiger partial charge in [-0.15, -0.1) is 0 Å². The lowest BCUT2D eigenvalue weighted by atomic mass is 10.1. The van der Waals surface area contributed by atoms with Crippen LogP contribution in [0.2, 0.25) is 0 Å². The number of anilines is 1. The van der Waals surface area contributed by atoms with Gasteiger partial charge in [-0.05, 0) is 42.8 Å². The van der Waals surface area contributed by atoms with Gasteiger partial charge < -0.3 is 14.5 Å². The smallest absolute Gasteiger partial charge is 0.240 e. The summed E-state index contributed by atoms with van der Waals surface area (Å²) < 4.78 is 33.4. The van der Waals surface area contributed by atoms with Crippen molar-refractivity contribution in [3.05, 3.63) is 53.6 Å². The number of ether oxygens (including phenoxy) is 1. The van der Waals surface area contributed by atoms with Crippen molar-refractivity contribution in [2.75, 3.05) is 46.7 Å². The SMILES string of the molecule is COc1ccc(S(=O)(=O)NC[C@@H](c2ccc(N(C)C)cc2)[NH+](C)C)cc1C. The van der Waals surface area contributed by atoms with Gasteiger partial charge in [-0.2, -0.15) is 0 Å². The molecule has 7 heteroatoms. The molecule has 0 spiro atoms. The number of rotatable bonds is 8. The van der Waals surface area contributed by atoms with Crippen LogP contribution in [0.1, 0.15) is 17.2 Å². The number of hydrogen-bond donors (Lipinski definition) is 2. The molecule has 0 aliphatic rings. The molecule has 0 heterocycles. The van der Waals surface area contributed by atoms with E-state index >= 15 is 0 Å². The third kappa shape index (κ3) is 5.22. The van der Waals surface area contributed by atoms with E-state index in [0.29, 0.717) is 12.3 Å². The van der Waals surface area contributed by atoms with Gasteiger partial charge in [-0.1, -0.05) is 12.1 Å². The molecule has 0 unspecified atom stereocenters. The van der Waals surface area contributed by atoms with Crippen molar-refractivity contribution in [3.8, 4) is 5.75 Å². The van der Waals surface area contributed by atoms with Gasteiger partial charge in [-0.3, -0.25) is 0 Å². The van der Waals surface area contributed by atoms with Crippen LogP contribution in [0, 0.1) is 6.92 Å². The topological polar surface area (TPSA) is 63.1 Å². The second kappa shape index (κ2) is 8.73. The fraction of sp³-hybridized carbons (Fsp3) is 0.400. The van der Waals surface area contributed by atoms with Crippen LogP contribution in [0.25, 0.3) is 0 Å². The molecular formula is C20H30N3O3S+. The summed E-state index contributed by atoms with van der Waals surface area (Å²) in [7, 11) is 6.01. The Labute approximate surface area is 162 Å². The van der Waals surface area contributed by atoms with E-state index in [4.69, 9.17) is 4.74 Å². The van der Waals surface area contributed by atoms with Crippen molar-refractivity contribution in [2.45, 2.75) is 17.9 Å². The van der Waals surface area contributed by atoms with E-state index in [-0.39, 0.29) is 10.9 Å². The molecule has 0 bridgehead atoms. The van der Waals surface area contributed by atoms with Crippen LogP contribution in [-0.4, -0.2) is 50.3 Å². The molecular weight excluding hydrogens is 362 g/mol. The maximum absolute atomic E-state index is 12.7. The molecule has 27 heavy (non-hydrogen) atoms. The Bertz CT molecular complexity index is 863. The molecule has 2 rings (SSSR count). The highest BCUT2D eigenvalue weighted by atomic mass is 32.2. The maximum atomic E-state index is 12.7. The Kier molecular flexibility index (Phi) is 6.86. The number of nitrogens with one attached hydrogen (secondary N) is 2. The number of nitrogens with zero attached hydrogens (tertiary/aromatic N) is 1. The standard InChI is InChI=1S/C20H29N3O3S/c1-15-13-18(11-12-20(15)26-6)27(24,25)21-14-19(23(4)5)16-7-9-17(10-8-16)22(2)3/h7-13,19,21H,14H2,1-6H3/p+1/t19-/m0/s1. The minimum Gasteiger partial charge on any atom is -0.496 e. The molecule has 0 amide bonds. The summed E-state index contributed by atoms with van der Waals surface area (Å²) in [6, 6.07) is 13.1. The van der Waals surface area contributed by atoms with E-state index in [2.05, 4.69) is 16.9 Å². The van der Waals surface area contributed by atoms with E-state index in [0.717, 1.165) is 21.7 Å². The maximum Gasteiger partial charge on any atom is 0.240 e. The molecule has 0 radical (unpaired) electrons. The average molecular weight is 393 g/mol. The first-order chi connectivity index (χ1) is 12.7. The van der Waals surface area contributed by atoms with Crippen LogP contribution in [0.3, 0.4) is 0 Å². The summed E-state index contributed by atoms with van der Waals surface area (Å²) in [6.45, 7) is 2.15. The lowest BCUT2D eigenvalue weighted by Crippen LogP contribution is -3.07. The van der Waals surface area contributed by atoms with Crippen molar-refractivity contribution in [3.63, 3.8) is 0 Å². The minimum absolute atomic E-state index is 0.00957. The van der Waals surface area contributed by atoms with Crippen LogP contribution >= 0.6 is 0 Å². The van der Waals surface area contributed by atoms with Gasteiger partial charge in [0.15, 0.2) is 0 Å². The molecule has 1 atom stereocenters. The molecule has 2 aromatic rings. The number of quaternary nitrogens is 1. The number of sulfonamides is 1. The number of likely N-dealkylation sites (N-methyl/N-ethyl adjacent to an activating group) is 1. The van der Waals surface area contributed by atoms with Gasteiger partial charge in [0.1, 0.15) is 11.8 Å². The van der Waals surface area contributed by atoms with Crippen molar-refractivity contribution in [1.82, 2.24) is 4.72 Å². The zero-order chi connectivity index (χ0) is 20.2. The molecule has 0 saturated heterocycles. The van der Waals surface area contributed by atoms with Gasteiger partial charge in [0.05, 0.1) is 32.6 Å². The van der Waals surface area contributed by atoms with Crippen molar-refractivity contribution < 1.29 is 18.1 Å². The minimum atomic E-state index is -3.59. The first-order valence-electron chi connectivity index (χ1n) is 8.87. The molecule has 6 nitrogen and oxygen atoms in total. The first-order valence-corrected chi connectivity index (χ1v) is 10.4. The monoisotopic (exact) mass is 392 g/mol. The van der Waals surface area contributed by atoms with Gasteiger partial charge in [0.25, 0.3) is 0 Å². The quantitative estimate of drug-likeness (QED) is 0.709. The molecule has 0 fully saturated rings. The third-order valence-corrected chi connectivity index (χ3v) is 6.08. The summed E-state index contributed by atoms with van der Waals surface area (Å²) in [5, 5.41) is 0. The normalized spacial score (nSPS) is 12.9. The van der Waals surface area contributed by atoms with E-state index in [1.807, 2.05) is 52.1 Å². The molecule has 0 aliphatic heterocycles. The molecule has 0 aromatic heterocycles. The second-order valence-corrected chi connectivity index (χ2v) is 8.87. The fourth-order valence-corrected chi connectivity index (χ4v) is 4.09. The van der Waals surface area contributed by atoms with E-state index in [1.54, 1.807) is 25.3 Å². The fourth-order valence-electron chi connectivity index (χ4n) is 2.95. The Balaban J connectivity index is 2.18. The molecule has 0 aliphatic carbocycles. The average Bonchev–Trinajstić information content (AvgIpc) is 2.61. The highest BCUT2D eigenvalue weighted by Crippen LogP contribution is 2.22. The Morgan fingerprint density at radius 1 is 1.11 bits per heavy atom. The Morgan fingerprint density at radius 3 is 2.22 bits per heavy atom.